The number of aliphatic carboxylic acids is 1. The van der Waals surface area contributed by atoms with Crippen LogP contribution in [0.15, 0.2) is 0 Å². The second kappa shape index (κ2) is 5.47. The number of carbonyl (C=O) groups is 1. The molecule has 1 saturated heterocycles. The molecule has 0 unspecified atom stereocenters. The van der Waals surface area contributed by atoms with Gasteiger partial charge in [0.1, 0.15) is 0 Å². The number of rotatable bonds is 5. The zero-order chi connectivity index (χ0) is 11.4. The maximum absolute atomic E-state index is 10.7. The van der Waals surface area contributed by atoms with Crippen molar-refractivity contribution in [3.8, 4) is 0 Å². The van der Waals surface area contributed by atoms with Crippen molar-refractivity contribution in [1.29, 1.82) is 0 Å². The molecule has 1 fully saturated rings. The normalized spacial score (nSPS) is 30.1. The molecule has 1 rings (SSSR count). The quantitative estimate of drug-likeness (QED) is 0.729. The standard InChI is InChI=1S/C11H20O4/c1-3-8(12)6-9-4-5-10(15-9)7(2)11(13)14/h7-10,12H,3-6H2,1-2H3,(H,13,14)/t7-,8-,9-,10+/m1/s1. The average molecular weight is 216 g/mol. The van der Waals surface area contributed by atoms with E-state index < -0.39 is 11.9 Å². The van der Waals surface area contributed by atoms with E-state index in [1.165, 1.54) is 0 Å². The van der Waals surface area contributed by atoms with Crippen LogP contribution < -0.4 is 0 Å². The summed E-state index contributed by atoms with van der Waals surface area (Å²) >= 11 is 0. The Bertz CT molecular complexity index is 217. The summed E-state index contributed by atoms with van der Waals surface area (Å²) in [5, 5.41) is 18.3. The lowest BCUT2D eigenvalue weighted by molar-refractivity contribution is -0.146. The van der Waals surface area contributed by atoms with E-state index in [1.807, 2.05) is 6.92 Å². The first kappa shape index (κ1) is 12.5. The maximum Gasteiger partial charge on any atom is 0.308 e. The van der Waals surface area contributed by atoms with Crippen LogP contribution in [0, 0.1) is 5.92 Å². The lowest BCUT2D eigenvalue weighted by atomic mass is 10.0. The van der Waals surface area contributed by atoms with E-state index in [4.69, 9.17) is 9.84 Å². The van der Waals surface area contributed by atoms with Crippen molar-refractivity contribution in [2.45, 2.75) is 57.8 Å². The molecule has 0 aromatic rings. The number of ether oxygens (including phenoxy) is 1. The smallest absolute Gasteiger partial charge is 0.308 e. The third-order valence-corrected chi connectivity index (χ3v) is 3.09. The first-order chi connectivity index (χ1) is 7.04. The van der Waals surface area contributed by atoms with Crippen molar-refractivity contribution in [1.82, 2.24) is 0 Å². The van der Waals surface area contributed by atoms with E-state index in [2.05, 4.69) is 0 Å². The zero-order valence-corrected chi connectivity index (χ0v) is 9.35. The molecule has 0 radical (unpaired) electrons. The Balaban J connectivity index is 2.35. The van der Waals surface area contributed by atoms with Gasteiger partial charge in [-0.25, -0.2) is 0 Å². The van der Waals surface area contributed by atoms with Gasteiger partial charge >= 0.3 is 5.97 Å². The highest BCUT2D eigenvalue weighted by Crippen LogP contribution is 2.28. The summed E-state index contributed by atoms with van der Waals surface area (Å²) in [6.07, 6.45) is 2.52. The molecule has 1 aliphatic rings. The number of carboxylic acids is 1. The average Bonchev–Trinajstić information content (AvgIpc) is 2.64. The summed E-state index contributed by atoms with van der Waals surface area (Å²) in [5.41, 5.74) is 0. The molecule has 4 atom stereocenters. The molecule has 88 valence electrons. The Kier molecular flexibility index (Phi) is 4.54. The summed E-state index contributed by atoms with van der Waals surface area (Å²) in [5.74, 6) is -1.26. The molecule has 0 saturated carbocycles. The van der Waals surface area contributed by atoms with Gasteiger partial charge in [-0.15, -0.1) is 0 Å². The second-order valence-corrected chi connectivity index (χ2v) is 4.30. The van der Waals surface area contributed by atoms with Crippen LogP contribution in [0.5, 0.6) is 0 Å². The van der Waals surface area contributed by atoms with Gasteiger partial charge in [0, 0.05) is 0 Å². The third kappa shape index (κ3) is 3.47. The second-order valence-electron chi connectivity index (χ2n) is 4.30. The molecular weight excluding hydrogens is 196 g/mol. The van der Waals surface area contributed by atoms with Crippen molar-refractivity contribution in [3.63, 3.8) is 0 Å². The zero-order valence-electron chi connectivity index (χ0n) is 9.35. The van der Waals surface area contributed by atoms with Crippen LogP contribution in [-0.4, -0.2) is 34.5 Å². The summed E-state index contributed by atoms with van der Waals surface area (Å²) in [7, 11) is 0. The topological polar surface area (TPSA) is 66.8 Å². The van der Waals surface area contributed by atoms with E-state index in [0.29, 0.717) is 6.42 Å². The summed E-state index contributed by atoms with van der Waals surface area (Å²) < 4.78 is 5.62. The van der Waals surface area contributed by atoms with Crippen molar-refractivity contribution in [2.24, 2.45) is 5.92 Å². The minimum atomic E-state index is -0.809. The monoisotopic (exact) mass is 216 g/mol. The maximum atomic E-state index is 10.7. The van der Waals surface area contributed by atoms with E-state index in [-0.39, 0.29) is 18.3 Å². The summed E-state index contributed by atoms with van der Waals surface area (Å²) in [6.45, 7) is 3.60. The highest BCUT2D eigenvalue weighted by Gasteiger charge is 2.33. The fraction of sp³-hybridized carbons (Fsp3) is 0.909. The molecule has 0 aliphatic carbocycles. The predicted molar refractivity (Wildman–Crippen MR) is 55.6 cm³/mol. The number of hydrogen-bond acceptors (Lipinski definition) is 3. The molecule has 0 bridgehead atoms. The highest BCUT2D eigenvalue weighted by atomic mass is 16.5. The lowest BCUT2D eigenvalue weighted by Crippen LogP contribution is -2.26. The van der Waals surface area contributed by atoms with Crippen LogP contribution in [0.25, 0.3) is 0 Å². The van der Waals surface area contributed by atoms with Gasteiger partial charge in [0.25, 0.3) is 0 Å². The van der Waals surface area contributed by atoms with Crippen LogP contribution >= 0.6 is 0 Å². The Hall–Kier alpha value is -0.610. The SMILES string of the molecule is CC[C@@H](O)C[C@H]1CC[C@@H]([C@@H](C)C(=O)O)O1. The van der Waals surface area contributed by atoms with Crippen LogP contribution in [0.4, 0.5) is 0 Å². The van der Waals surface area contributed by atoms with Gasteiger partial charge in [-0.2, -0.15) is 0 Å². The fourth-order valence-electron chi connectivity index (χ4n) is 1.90. The van der Waals surface area contributed by atoms with Crippen molar-refractivity contribution < 1.29 is 19.7 Å². The highest BCUT2D eigenvalue weighted by molar-refractivity contribution is 5.70. The van der Waals surface area contributed by atoms with Gasteiger partial charge in [0.05, 0.1) is 24.2 Å². The lowest BCUT2D eigenvalue weighted by Gasteiger charge is -2.18. The Morgan fingerprint density at radius 2 is 2.20 bits per heavy atom. The fourth-order valence-corrected chi connectivity index (χ4v) is 1.90. The first-order valence-corrected chi connectivity index (χ1v) is 5.61. The van der Waals surface area contributed by atoms with Crippen molar-refractivity contribution >= 4 is 5.97 Å². The minimum Gasteiger partial charge on any atom is -0.481 e. The van der Waals surface area contributed by atoms with Crippen LogP contribution in [0.1, 0.15) is 39.5 Å². The molecule has 1 aliphatic heterocycles. The Morgan fingerprint density at radius 1 is 1.53 bits per heavy atom. The van der Waals surface area contributed by atoms with E-state index in [9.17, 15) is 9.90 Å². The first-order valence-electron chi connectivity index (χ1n) is 5.61. The number of aliphatic hydroxyl groups is 1. The Morgan fingerprint density at radius 3 is 2.73 bits per heavy atom. The van der Waals surface area contributed by atoms with Gasteiger partial charge in [-0.1, -0.05) is 6.92 Å². The van der Waals surface area contributed by atoms with E-state index >= 15 is 0 Å². The molecule has 0 aromatic carbocycles. The number of hydrogen-bond donors (Lipinski definition) is 2. The molecule has 4 nitrogen and oxygen atoms in total. The van der Waals surface area contributed by atoms with Crippen molar-refractivity contribution in [2.75, 3.05) is 0 Å². The molecule has 2 N–H and O–H groups in total. The molecule has 15 heavy (non-hydrogen) atoms. The van der Waals surface area contributed by atoms with Gasteiger partial charge in [-0.05, 0) is 32.6 Å². The van der Waals surface area contributed by atoms with Gasteiger partial charge < -0.3 is 14.9 Å². The molecular formula is C11H20O4. The largest absolute Gasteiger partial charge is 0.481 e. The minimum absolute atomic E-state index is 0.0340. The molecule has 4 heteroatoms. The summed E-state index contributed by atoms with van der Waals surface area (Å²) in [4.78, 5) is 10.7. The molecule has 0 spiro atoms. The third-order valence-electron chi connectivity index (χ3n) is 3.09. The van der Waals surface area contributed by atoms with E-state index in [0.717, 1.165) is 19.3 Å². The number of carboxylic acid groups (broad SMARTS) is 1. The van der Waals surface area contributed by atoms with E-state index in [1.54, 1.807) is 6.92 Å². The Labute approximate surface area is 90.2 Å². The van der Waals surface area contributed by atoms with Crippen molar-refractivity contribution in [3.05, 3.63) is 0 Å². The predicted octanol–water partition coefficient (Wildman–Crippen LogP) is 1.42. The number of aliphatic hydroxyl groups excluding tert-OH is 1. The van der Waals surface area contributed by atoms with Crippen LogP contribution in [0.3, 0.4) is 0 Å². The molecule has 0 amide bonds. The van der Waals surface area contributed by atoms with Crippen LogP contribution in [-0.2, 0) is 9.53 Å². The molecule has 0 aromatic heterocycles. The van der Waals surface area contributed by atoms with Gasteiger partial charge in [0.15, 0.2) is 0 Å². The van der Waals surface area contributed by atoms with Crippen LogP contribution in [0.2, 0.25) is 0 Å². The van der Waals surface area contributed by atoms with Gasteiger partial charge in [-0.3, -0.25) is 4.79 Å². The summed E-state index contributed by atoms with van der Waals surface area (Å²) in [6, 6.07) is 0. The van der Waals surface area contributed by atoms with Gasteiger partial charge in [0.2, 0.25) is 0 Å². The molecule has 1 heterocycles.